The zero-order chi connectivity index (χ0) is 12.1. The Balaban J connectivity index is 0.000000921. The Morgan fingerprint density at radius 1 is 1.07 bits per heavy atom. The number of aromatic nitrogens is 2. The number of hydrogen-bond acceptors (Lipinski definition) is 1. The summed E-state index contributed by atoms with van der Waals surface area (Å²) in [6.07, 6.45) is 6.91. The largest absolute Gasteiger partial charge is 0.332 e. The van der Waals surface area contributed by atoms with Gasteiger partial charge in [0.2, 0.25) is 0 Å². The standard InChI is InChI=1S/C11H20N2.C2H6/c1-10(2,3)8-11(4,5)13-7-6-12-9-13;1-2/h6-7,9H,8H2,1-5H3;1-2H3. The van der Waals surface area contributed by atoms with E-state index in [2.05, 4.69) is 44.2 Å². The van der Waals surface area contributed by atoms with E-state index in [-0.39, 0.29) is 5.54 Å². The number of nitrogens with zero attached hydrogens (tertiary/aromatic N) is 2. The molecule has 0 N–H and O–H groups in total. The van der Waals surface area contributed by atoms with Crippen LogP contribution in [0.1, 0.15) is 54.9 Å². The molecule has 0 atom stereocenters. The topological polar surface area (TPSA) is 17.8 Å². The van der Waals surface area contributed by atoms with E-state index in [0.717, 1.165) is 6.42 Å². The van der Waals surface area contributed by atoms with Crippen molar-refractivity contribution < 1.29 is 0 Å². The quantitative estimate of drug-likeness (QED) is 0.719. The van der Waals surface area contributed by atoms with Gasteiger partial charge in [0.25, 0.3) is 0 Å². The summed E-state index contributed by atoms with van der Waals surface area (Å²) in [5.41, 5.74) is 0.516. The Morgan fingerprint density at radius 3 is 1.93 bits per heavy atom. The molecule has 2 heteroatoms. The van der Waals surface area contributed by atoms with Gasteiger partial charge in [0, 0.05) is 17.9 Å². The van der Waals surface area contributed by atoms with Crippen LogP contribution in [-0.4, -0.2) is 9.55 Å². The Labute approximate surface area is 94.7 Å². The molecule has 0 aliphatic carbocycles. The summed E-state index contributed by atoms with van der Waals surface area (Å²) in [6.45, 7) is 15.3. The minimum atomic E-state index is 0.161. The fourth-order valence-corrected chi connectivity index (χ4v) is 2.01. The van der Waals surface area contributed by atoms with Gasteiger partial charge < -0.3 is 4.57 Å². The van der Waals surface area contributed by atoms with E-state index in [1.807, 2.05) is 32.6 Å². The van der Waals surface area contributed by atoms with Crippen molar-refractivity contribution >= 4 is 0 Å². The van der Waals surface area contributed by atoms with Crippen LogP contribution in [0.15, 0.2) is 18.7 Å². The maximum atomic E-state index is 4.08. The van der Waals surface area contributed by atoms with Crippen molar-refractivity contribution in [2.75, 3.05) is 0 Å². The minimum Gasteiger partial charge on any atom is -0.332 e. The maximum absolute atomic E-state index is 4.08. The molecule has 1 heterocycles. The van der Waals surface area contributed by atoms with E-state index in [1.54, 1.807) is 0 Å². The molecular weight excluding hydrogens is 184 g/mol. The van der Waals surface area contributed by atoms with E-state index in [0.29, 0.717) is 5.41 Å². The van der Waals surface area contributed by atoms with Gasteiger partial charge in [-0.25, -0.2) is 4.98 Å². The Kier molecular flexibility index (Phi) is 5.06. The Hall–Kier alpha value is -0.790. The van der Waals surface area contributed by atoms with E-state index in [9.17, 15) is 0 Å². The lowest BCUT2D eigenvalue weighted by molar-refractivity contribution is 0.214. The first-order valence-corrected chi connectivity index (χ1v) is 5.80. The van der Waals surface area contributed by atoms with Crippen LogP contribution in [0.4, 0.5) is 0 Å². The highest BCUT2D eigenvalue weighted by atomic mass is 15.1. The first-order valence-electron chi connectivity index (χ1n) is 5.80. The van der Waals surface area contributed by atoms with Crippen molar-refractivity contribution in [3.05, 3.63) is 18.7 Å². The van der Waals surface area contributed by atoms with E-state index >= 15 is 0 Å². The van der Waals surface area contributed by atoms with Gasteiger partial charge >= 0.3 is 0 Å². The van der Waals surface area contributed by atoms with E-state index in [4.69, 9.17) is 0 Å². The predicted octanol–water partition coefficient (Wildman–Crippen LogP) is 4.08. The molecule has 0 aliphatic rings. The van der Waals surface area contributed by atoms with Crippen molar-refractivity contribution in [3.8, 4) is 0 Å². The van der Waals surface area contributed by atoms with Crippen LogP contribution in [0, 0.1) is 5.41 Å². The summed E-state index contributed by atoms with van der Waals surface area (Å²) >= 11 is 0. The second-order valence-corrected chi connectivity index (χ2v) is 5.52. The molecule has 0 bridgehead atoms. The van der Waals surface area contributed by atoms with Gasteiger partial charge in [-0.2, -0.15) is 0 Å². The average Bonchev–Trinajstić information content (AvgIpc) is 2.55. The van der Waals surface area contributed by atoms with Crippen LogP contribution in [0.25, 0.3) is 0 Å². The zero-order valence-corrected chi connectivity index (χ0v) is 11.3. The molecule has 1 aromatic rings. The monoisotopic (exact) mass is 210 g/mol. The van der Waals surface area contributed by atoms with Crippen molar-refractivity contribution in [2.45, 2.75) is 60.4 Å². The molecular formula is C13H26N2. The molecule has 1 aromatic heterocycles. The van der Waals surface area contributed by atoms with Gasteiger partial charge in [-0.15, -0.1) is 0 Å². The highest BCUT2D eigenvalue weighted by Crippen LogP contribution is 2.31. The molecule has 0 radical (unpaired) electrons. The SMILES string of the molecule is CC.CC(C)(C)CC(C)(C)n1ccnc1. The van der Waals surface area contributed by atoms with Crippen LogP contribution in [0.3, 0.4) is 0 Å². The first kappa shape index (κ1) is 14.2. The average molecular weight is 210 g/mol. The third kappa shape index (κ3) is 5.01. The maximum Gasteiger partial charge on any atom is 0.0950 e. The lowest BCUT2D eigenvalue weighted by Gasteiger charge is -2.33. The van der Waals surface area contributed by atoms with Crippen molar-refractivity contribution in [1.29, 1.82) is 0 Å². The van der Waals surface area contributed by atoms with Gasteiger partial charge in [0.15, 0.2) is 0 Å². The van der Waals surface area contributed by atoms with Crippen molar-refractivity contribution in [2.24, 2.45) is 5.41 Å². The van der Waals surface area contributed by atoms with Crippen LogP contribution >= 0.6 is 0 Å². The molecule has 0 saturated heterocycles. The summed E-state index contributed by atoms with van der Waals surface area (Å²) in [4.78, 5) is 4.08. The summed E-state index contributed by atoms with van der Waals surface area (Å²) in [5, 5.41) is 0. The third-order valence-electron chi connectivity index (χ3n) is 2.17. The van der Waals surface area contributed by atoms with Crippen molar-refractivity contribution in [3.63, 3.8) is 0 Å². The normalized spacial score (nSPS) is 11.9. The van der Waals surface area contributed by atoms with Crippen LogP contribution in [0.5, 0.6) is 0 Å². The minimum absolute atomic E-state index is 0.161. The van der Waals surface area contributed by atoms with Gasteiger partial charge in [-0.05, 0) is 25.7 Å². The summed E-state index contributed by atoms with van der Waals surface area (Å²) in [5.74, 6) is 0. The number of hydrogen-bond donors (Lipinski definition) is 0. The number of rotatable bonds is 2. The third-order valence-corrected chi connectivity index (χ3v) is 2.17. The highest BCUT2D eigenvalue weighted by molar-refractivity contribution is 4.88. The number of imidazole rings is 1. The molecule has 0 aliphatic heterocycles. The molecule has 0 unspecified atom stereocenters. The summed E-state index contributed by atoms with van der Waals surface area (Å²) in [7, 11) is 0. The molecule has 15 heavy (non-hydrogen) atoms. The predicted molar refractivity (Wildman–Crippen MR) is 67.0 cm³/mol. The lowest BCUT2D eigenvalue weighted by Crippen LogP contribution is -2.30. The lowest BCUT2D eigenvalue weighted by atomic mass is 9.82. The Morgan fingerprint density at radius 2 is 1.60 bits per heavy atom. The second-order valence-electron chi connectivity index (χ2n) is 5.52. The second kappa shape index (κ2) is 5.34. The van der Waals surface area contributed by atoms with Gasteiger partial charge in [0.1, 0.15) is 0 Å². The fraction of sp³-hybridized carbons (Fsp3) is 0.769. The van der Waals surface area contributed by atoms with Gasteiger partial charge in [0.05, 0.1) is 6.33 Å². The molecule has 0 aromatic carbocycles. The molecule has 1 rings (SSSR count). The van der Waals surface area contributed by atoms with Crippen LogP contribution in [0.2, 0.25) is 0 Å². The van der Waals surface area contributed by atoms with Gasteiger partial charge in [-0.3, -0.25) is 0 Å². The Bertz CT molecular complexity index is 253. The van der Waals surface area contributed by atoms with Crippen LogP contribution in [-0.2, 0) is 5.54 Å². The molecule has 0 amide bonds. The first-order chi connectivity index (χ1) is 6.81. The smallest absolute Gasteiger partial charge is 0.0950 e. The summed E-state index contributed by atoms with van der Waals surface area (Å²) < 4.78 is 2.18. The van der Waals surface area contributed by atoms with E-state index < -0.39 is 0 Å². The molecule has 88 valence electrons. The molecule has 0 fully saturated rings. The van der Waals surface area contributed by atoms with Gasteiger partial charge in [-0.1, -0.05) is 34.6 Å². The van der Waals surface area contributed by atoms with E-state index in [1.165, 1.54) is 0 Å². The molecule has 0 spiro atoms. The van der Waals surface area contributed by atoms with Crippen molar-refractivity contribution in [1.82, 2.24) is 9.55 Å². The van der Waals surface area contributed by atoms with Crippen LogP contribution < -0.4 is 0 Å². The highest BCUT2D eigenvalue weighted by Gasteiger charge is 2.26. The fourth-order valence-electron chi connectivity index (χ4n) is 2.01. The summed E-state index contributed by atoms with van der Waals surface area (Å²) in [6, 6.07) is 0. The molecule has 2 nitrogen and oxygen atoms in total. The molecule has 0 saturated carbocycles. The zero-order valence-electron chi connectivity index (χ0n) is 11.3.